The maximum Gasteiger partial charge on any atom is 0.434 e. The second-order valence-electron chi connectivity index (χ2n) is 9.83. The molecule has 0 amide bonds. The number of aromatic nitrogens is 6. The number of aryl methyl sites for hydroxylation is 1. The highest BCUT2D eigenvalue weighted by molar-refractivity contribution is 6.32. The molecule has 202 valence electrons. The molecular weight excluding hydrogens is 522 g/mol. The number of anilines is 1. The van der Waals surface area contributed by atoms with Crippen molar-refractivity contribution in [3.63, 3.8) is 0 Å². The van der Waals surface area contributed by atoms with Crippen molar-refractivity contribution in [2.75, 3.05) is 12.0 Å². The second kappa shape index (κ2) is 10.1. The SMILES string of the molecule is CC(CF)n1cc(C(F)(F)F)nc1-c1ccc(NC2CCCn3nc(-c4c(Cl)cnn4C(C)C)cc32)cc1. The Morgan fingerprint density at radius 2 is 1.89 bits per heavy atom. The van der Waals surface area contributed by atoms with Crippen molar-refractivity contribution in [2.45, 2.75) is 64.5 Å². The standard InChI is InChI=1S/C26H28ClF4N7/c1-15(2)38-24(19(27)13-32-38)21-11-22-20(5-4-10-37(22)35-21)33-18-8-6-17(7-9-18)25-34-23(26(29,30)31)14-36(25)16(3)12-28/h6-9,11,13-16,20,33H,4-5,10,12H2,1-3H3. The molecule has 1 aliphatic heterocycles. The van der Waals surface area contributed by atoms with Gasteiger partial charge in [0.05, 0.1) is 29.0 Å². The van der Waals surface area contributed by atoms with Crippen molar-refractivity contribution in [2.24, 2.45) is 0 Å². The lowest BCUT2D eigenvalue weighted by molar-refractivity contribution is -0.140. The van der Waals surface area contributed by atoms with Crippen LogP contribution in [0.15, 0.2) is 42.7 Å². The number of imidazole rings is 1. The van der Waals surface area contributed by atoms with E-state index in [0.717, 1.165) is 48.4 Å². The number of alkyl halides is 4. The first-order chi connectivity index (χ1) is 18.1. The predicted octanol–water partition coefficient (Wildman–Crippen LogP) is 7.34. The van der Waals surface area contributed by atoms with Gasteiger partial charge in [0.25, 0.3) is 0 Å². The van der Waals surface area contributed by atoms with Crippen molar-refractivity contribution >= 4 is 17.3 Å². The van der Waals surface area contributed by atoms with Crippen molar-refractivity contribution in [1.82, 2.24) is 29.1 Å². The van der Waals surface area contributed by atoms with Gasteiger partial charge in [-0.1, -0.05) is 11.6 Å². The van der Waals surface area contributed by atoms with Crippen LogP contribution >= 0.6 is 11.6 Å². The van der Waals surface area contributed by atoms with E-state index in [1.807, 2.05) is 29.3 Å². The Labute approximate surface area is 222 Å². The second-order valence-corrected chi connectivity index (χ2v) is 10.2. The third-order valence-corrected chi connectivity index (χ3v) is 6.99. The summed E-state index contributed by atoms with van der Waals surface area (Å²) in [5, 5.41) is 13.2. The quantitative estimate of drug-likeness (QED) is 0.245. The van der Waals surface area contributed by atoms with Crippen molar-refractivity contribution < 1.29 is 17.6 Å². The molecule has 0 bridgehead atoms. The van der Waals surface area contributed by atoms with Gasteiger partial charge in [0.15, 0.2) is 5.69 Å². The van der Waals surface area contributed by atoms with Crippen LogP contribution in [0.4, 0.5) is 23.2 Å². The average Bonchev–Trinajstić information content (AvgIpc) is 3.60. The molecule has 4 heterocycles. The van der Waals surface area contributed by atoms with Gasteiger partial charge in [-0.2, -0.15) is 23.4 Å². The Kier molecular flexibility index (Phi) is 6.97. The molecule has 5 rings (SSSR count). The summed E-state index contributed by atoms with van der Waals surface area (Å²) in [6, 6.07) is 8.34. The summed E-state index contributed by atoms with van der Waals surface area (Å²) in [6.45, 7) is 5.57. The molecule has 0 saturated carbocycles. The van der Waals surface area contributed by atoms with Crippen LogP contribution in [0.25, 0.3) is 22.8 Å². The number of nitrogens with zero attached hydrogens (tertiary/aromatic N) is 6. The Hall–Kier alpha value is -3.34. The lowest BCUT2D eigenvalue weighted by Crippen LogP contribution is -2.21. The normalized spacial score (nSPS) is 16.6. The highest BCUT2D eigenvalue weighted by Gasteiger charge is 2.35. The zero-order valence-corrected chi connectivity index (χ0v) is 21.9. The van der Waals surface area contributed by atoms with Crippen molar-refractivity contribution in [3.05, 3.63) is 59.1 Å². The molecule has 0 fully saturated rings. The fraction of sp³-hybridized carbons (Fsp3) is 0.423. The van der Waals surface area contributed by atoms with Gasteiger partial charge in [-0.3, -0.25) is 9.36 Å². The maximum atomic E-state index is 13.3. The molecule has 2 atom stereocenters. The average molecular weight is 550 g/mol. The van der Waals surface area contributed by atoms with E-state index in [-0.39, 0.29) is 17.9 Å². The van der Waals surface area contributed by atoms with E-state index in [4.69, 9.17) is 16.7 Å². The first kappa shape index (κ1) is 26.3. The molecule has 1 aromatic carbocycles. The van der Waals surface area contributed by atoms with E-state index in [1.165, 1.54) is 11.5 Å². The van der Waals surface area contributed by atoms with E-state index in [9.17, 15) is 17.6 Å². The largest absolute Gasteiger partial charge is 0.434 e. The molecule has 1 aliphatic rings. The lowest BCUT2D eigenvalue weighted by Gasteiger charge is -2.25. The topological polar surface area (TPSA) is 65.5 Å². The minimum Gasteiger partial charge on any atom is -0.377 e. The Balaban J connectivity index is 1.40. The van der Waals surface area contributed by atoms with E-state index in [2.05, 4.69) is 15.4 Å². The number of hydrogen-bond donors (Lipinski definition) is 1. The van der Waals surface area contributed by atoms with Gasteiger partial charge < -0.3 is 9.88 Å². The Bertz CT molecular complexity index is 1420. The third-order valence-electron chi connectivity index (χ3n) is 6.72. The molecule has 38 heavy (non-hydrogen) atoms. The molecule has 0 saturated heterocycles. The van der Waals surface area contributed by atoms with Gasteiger partial charge in [-0.05, 0) is 63.9 Å². The molecule has 12 heteroatoms. The molecule has 0 radical (unpaired) electrons. The van der Waals surface area contributed by atoms with Crippen molar-refractivity contribution in [3.8, 4) is 22.8 Å². The van der Waals surface area contributed by atoms with Gasteiger partial charge in [0.1, 0.15) is 23.9 Å². The lowest BCUT2D eigenvalue weighted by atomic mass is 10.0. The van der Waals surface area contributed by atoms with Crippen LogP contribution in [0.1, 0.15) is 63.1 Å². The maximum absolute atomic E-state index is 13.3. The summed E-state index contributed by atoms with van der Waals surface area (Å²) in [4.78, 5) is 3.77. The summed E-state index contributed by atoms with van der Waals surface area (Å²) in [5.41, 5.74) is 2.79. The summed E-state index contributed by atoms with van der Waals surface area (Å²) in [5.74, 6) is 0.0769. The number of nitrogens with one attached hydrogen (secondary N) is 1. The molecule has 0 spiro atoms. The fourth-order valence-electron chi connectivity index (χ4n) is 4.79. The molecule has 4 aromatic rings. The van der Waals surface area contributed by atoms with Gasteiger partial charge in [0, 0.05) is 30.0 Å². The molecule has 3 aromatic heterocycles. The first-order valence-electron chi connectivity index (χ1n) is 12.5. The molecular formula is C26H28ClF4N7. The monoisotopic (exact) mass is 549 g/mol. The predicted molar refractivity (Wildman–Crippen MR) is 138 cm³/mol. The van der Waals surface area contributed by atoms with E-state index < -0.39 is 24.6 Å². The summed E-state index contributed by atoms with van der Waals surface area (Å²) in [7, 11) is 0. The van der Waals surface area contributed by atoms with Crippen molar-refractivity contribution in [1.29, 1.82) is 0 Å². The number of halogens is 5. The molecule has 1 N–H and O–H groups in total. The number of fused-ring (bicyclic) bond motifs is 1. The van der Waals surface area contributed by atoms with Crippen LogP contribution in [0.5, 0.6) is 0 Å². The van der Waals surface area contributed by atoms with Gasteiger partial charge in [0.2, 0.25) is 0 Å². The van der Waals surface area contributed by atoms with Crippen LogP contribution in [-0.2, 0) is 12.7 Å². The fourth-order valence-corrected chi connectivity index (χ4v) is 5.02. The number of rotatable bonds is 7. The van der Waals surface area contributed by atoms with Gasteiger partial charge >= 0.3 is 6.18 Å². The molecule has 7 nitrogen and oxygen atoms in total. The van der Waals surface area contributed by atoms with E-state index >= 15 is 0 Å². The number of hydrogen-bond acceptors (Lipinski definition) is 4. The minimum atomic E-state index is -4.61. The van der Waals surface area contributed by atoms with Gasteiger partial charge in [-0.15, -0.1) is 0 Å². The van der Waals surface area contributed by atoms with Crippen LogP contribution < -0.4 is 5.32 Å². The van der Waals surface area contributed by atoms with Crippen LogP contribution in [-0.4, -0.2) is 35.8 Å². The molecule has 2 unspecified atom stereocenters. The summed E-state index contributed by atoms with van der Waals surface area (Å²) < 4.78 is 58.3. The minimum absolute atomic E-state index is 0.0181. The third kappa shape index (κ3) is 4.91. The first-order valence-corrected chi connectivity index (χ1v) is 12.8. The van der Waals surface area contributed by atoms with E-state index in [0.29, 0.717) is 10.6 Å². The molecule has 0 aliphatic carbocycles. The highest BCUT2D eigenvalue weighted by atomic mass is 35.5. The zero-order chi connectivity index (χ0) is 27.2. The van der Waals surface area contributed by atoms with Gasteiger partial charge in [-0.25, -0.2) is 9.37 Å². The van der Waals surface area contributed by atoms with Crippen LogP contribution in [0.2, 0.25) is 5.02 Å². The number of benzene rings is 1. The summed E-state index contributed by atoms with van der Waals surface area (Å²) in [6.07, 6.45) is -0.303. The summed E-state index contributed by atoms with van der Waals surface area (Å²) >= 11 is 6.45. The zero-order valence-electron chi connectivity index (χ0n) is 21.2. The highest BCUT2D eigenvalue weighted by Crippen LogP contribution is 2.36. The van der Waals surface area contributed by atoms with Crippen LogP contribution in [0, 0.1) is 0 Å². The van der Waals surface area contributed by atoms with Crippen LogP contribution in [0.3, 0.4) is 0 Å². The smallest absolute Gasteiger partial charge is 0.377 e. The Morgan fingerprint density at radius 1 is 1.16 bits per heavy atom. The van der Waals surface area contributed by atoms with E-state index in [1.54, 1.807) is 30.5 Å². The Morgan fingerprint density at radius 3 is 2.55 bits per heavy atom.